The van der Waals surface area contributed by atoms with Gasteiger partial charge in [-0.25, -0.2) is 0 Å². The number of nitrogens with zero attached hydrogens (tertiary/aromatic N) is 1. The van der Waals surface area contributed by atoms with Crippen LogP contribution in [0, 0.1) is 0 Å². The predicted octanol–water partition coefficient (Wildman–Crippen LogP) is 4.27. The molecule has 1 aromatic rings. The zero-order valence-electron chi connectivity index (χ0n) is 12.0. The normalized spacial score (nSPS) is 16.6. The van der Waals surface area contributed by atoms with Crippen molar-refractivity contribution in [2.45, 2.75) is 25.7 Å². The first-order chi connectivity index (χ1) is 9.28. The second-order valence-corrected chi connectivity index (χ2v) is 5.52. The molecule has 0 amide bonds. The van der Waals surface area contributed by atoms with Crippen molar-refractivity contribution in [2.75, 3.05) is 26.7 Å². The van der Waals surface area contributed by atoms with Gasteiger partial charge in [0.2, 0.25) is 0 Å². The fourth-order valence-corrected chi connectivity index (χ4v) is 2.60. The number of halogens is 2. The van der Waals surface area contributed by atoms with Gasteiger partial charge in [0.05, 0.1) is 7.11 Å². The number of allylic oxidation sites excluding steroid dienone is 1. The summed E-state index contributed by atoms with van der Waals surface area (Å²) in [4.78, 5) is 2.47. The van der Waals surface area contributed by atoms with Crippen molar-refractivity contribution in [1.29, 1.82) is 0 Å². The van der Waals surface area contributed by atoms with Crippen LogP contribution < -0.4 is 4.74 Å². The van der Waals surface area contributed by atoms with E-state index < -0.39 is 0 Å². The van der Waals surface area contributed by atoms with E-state index in [1.54, 1.807) is 7.11 Å². The number of rotatable bonds is 5. The molecule has 1 aromatic carbocycles. The molecular formula is C16H23Cl2NO. The molecule has 0 bridgehead atoms. The van der Waals surface area contributed by atoms with Gasteiger partial charge in [0.15, 0.2) is 0 Å². The minimum absolute atomic E-state index is 0. The Morgan fingerprint density at radius 1 is 1.20 bits per heavy atom. The highest BCUT2D eigenvalue weighted by Gasteiger charge is 2.08. The Morgan fingerprint density at radius 3 is 2.45 bits per heavy atom. The van der Waals surface area contributed by atoms with Gasteiger partial charge in [-0.15, -0.1) is 12.4 Å². The highest BCUT2D eigenvalue weighted by atomic mass is 35.5. The number of hydrogen-bond acceptors (Lipinski definition) is 2. The molecule has 0 unspecified atom stereocenters. The van der Waals surface area contributed by atoms with Crippen LogP contribution in [0.15, 0.2) is 35.4 Å². The molecule has 2 rings (SSSR count). The van der Waals surface area contributed by atoms with Crippen LogP contribution in [0.4, 0.5) is 0 Å². The van der Waals surface area contributed by atoms with Crippen molar-refractivity contribution >= 4 is 24.0 Å². The smallest absolute Gasteiger partial charge is 0.118 e. The van der Waals surface area contributed by atoms with Gasteiger partial charge < -0.3 is 4.74 Å². The van der Waals surface area contributed by atoms with Crippen LogP contribution in [0.2, 0.25) is 0 Å². The van der Waals surface area contributed by atoms with Gasteiger partial charge in [-0.2, -0.15) is 0 Å². The van der Waals surface area contributed by atoms with Crippen molar-refractivity contribution in [1.82, 2.24) is 4.90 Å². The molecule has 1 aliphatic rings. The monoisotopic (exact) mass is 315 g/mol. The standard InChI is InChI=1S/C16H22ClNO.ClH/c1-19-16-7-5-14(6-8-16)13-15(17)9-12-18-10-3-2-4-11-18;/h5-9H,2-4,10-13H2,1H3;1H/b15-9-;. The van der Waals surface area contributed by atoms with Crippen LogP contribution in [0.3, 0.4) is 0 Å². The van der Waals surface area contributed by atoms with E-state index in [1.807, 2.05) is 12.1 Å². The lowest BCUT2D eigenvalue weighted by atomic mass is 10.1. The summed E-state index contributed by atoms with van der Waals surface area (Å²) in [5, 5.41) is 0.927. The number of ether oxygens (including phenoxy) is 1. The number of methoxy groups -OCH3 is 1. The Balaban J connectivity index is 0.00000200. The van der Waals surface area contributed by atoms with E-state index in [0.29, 0.717) is 0 Å². The van der Waals surface area contributed by atoms with E-state index in [0.717, 1.165) is 23.7 Å². The molecule has 0 radical (unpaired) electrons. The minimum atomic E-state index is 0. The molecule has 1 aliphatic heterocycles. The van der Waals surface area contributed by atoms with Gasteiger partial charge in [0.1, 0.15) is 5.75 Å². The molecule has 0 saturated carbocycles. The maximum absolute atomic E-state index is 6.31. The Kier molecular flexibility index (Phi) is 8.05. The van der Waals surface area contributed by atoms with Gasteiger partial charge in [-0.05, 0) is 43.6 Å². The Labute approximate surface area is 133 Å². The summed E-state index contributed by atoms with van der Waals surface area (Å²) in [5.41, 5.74) is 1.22. The molecule has 1 fully saturated rings. The van der Waals surface area contributed by atoms with Gasteiger partial charge in [0.25, 0.3) is 0 Å². The fourth-order valence-electron chi connectivity index (χ4n) is 2.38. The molecule has 112 valence electrons. The van der Waals surface area contributed by atoms with Crippen LogP contribution in [0.1, 0.15) is 24.8 Å². The SMILES string of the molecule is COc1ccc(C/C(Cl)=C/CN2CCCCC2)cc1.Cl. The van der Waals surface area contributed by atoms with E-state index in [1.165, 1.54) is 37.9 Å². The maximum atomic E-state index is 6.31. The summed E-state index contributed by atoms with van der Waals surface area (Å²) in [6, 6.07) is 8.08. The summed E-state index contributed by atoms with van der Waals surface area (Å²) in [5.74, 6) is 0.886. The third-order valence-electron chi connectivity index (χ3n) is 3.55. The average molecular weight is 316 g/mol. The molecule has 0 aliphatic carbocycles. The predicted molar refractivity (Wildman–Crippen MR) is 88.2 cm³/mol. The summed E-state index contributed by atoms with van der Waals surface area (Å²) in [6.07, 6.45) is 6.98. The number of hydrogen-bond donors (Lipinski definition) is 0. The molecular weight excluding hydrogens is 293 g/mol. The first-order valence-electron chi connectivity index (χ1n) is 6.98. The van der Waals surface area contributed by atoms with E-state index in [2.05, 4.69) is 23.1 Å². The van der Waals surface area contributed by atoms with Crippen LogP contribution in [0.25, 0.3) is 0 Å². The van der Waals surface area contributed by atoms with Crippen LogP contribution >= 0.6 is 24.0 Å². The molecule has 0 spiro atoms. The second-order valence-electron chi connectivity index (χ2n) is 5.04. The quantitative estimate of drug-likeness (QED) is 0.804. The molecule has 0 aromatic heterocycles. The Hall–Kier alpha value is -0.700. The largest absolute Gasteiger partial charge is 0.497 e. The summed E-state index contributed by atoms with van der Waals surface area (Å²) in [7, 11) is 1.68. The highest BCUT2D eigenvalue weighted by molar-refractivity contribution is 6.29. The number of benzene rings is 1. The van der Waals surface area contributed by atoms with Gasteiger partial charge in [0, 0.05) is 18.0 Å². The van der Waals surface area contributed by atoms with Gasteiger partial charge in [-0.3, -0.25) is 4.90 Å². The fraction of sp³-hybridized carbons (Fsp3) is 0.500. The molecule has 0 atom stereocenters. The highest BCUT2D eigenvalue weighted by Crippen LogP contribution is 2.17. The number of likely N-dealkylation sites (tertiary alicyclic amines) is 1. The second kappa shape index (κ2) is 9.28. The zero-order chi connectivity index (χ0) is 13.5. The van der Waals surface area contributed by atoms with Gasteiger partial charge >= 0.3 is 0 Å². The van der Waals surface area contributed by atoms with E-state index >= 15 is 0 Å². The lowest BCUT2D eigenvalue weighted by Gasteiger charge is -2.25. The van der Waals surface area contributed by atoms with Crippen molar-refractivity contribution in [3.63, 3.8) is 0 Å². The first-order valence-corrected chi connectivity index (χ1v) is 7.35. The molecule has 1 heterocycles. The third kappa shape index (κ3) is 5.74. The minimum Gasteiger partial charge on any atom is -0.497 e. The van der Waals surface area contributed by atoms with Gasteiger partial charge in [-0.1, -0.05) is 36.2 Å². The molecule has 0 N–H and O–H groups in total. The maximum Gasteiger partial charge on any atom is 0.118 e. The first kappa shape index (κ1) is 17.4. The van der Waals surface area contributed by atoms with Crippen molar-refractivity contribution in [2.24, 2.45) is 0 Å². The van der Waals surface area contributed by atoms with Crippen molar-refractivity contribution < 1.29 is 4.74 Å². The summed E-state index contributed by atoms with van der Waals surface area (Å²) < 4.78 is 5.15. The lowest BCUT2D eigenvalue weighted by Crippen LogP contribution is -2.29. The number of piperidine rings is 1. The third-order valence-corrected chi connectivity index (χ3v) is 3.84. The van der Waals surface area contributed by atoms with Crippen LogP contribution in [-0.2, 0) is 6.42 Å². The van der Waals surface area contributed by atoms with E-state index in [9.17, 15) is 0 Å². The van der Waals surface area contributed by atoms with E-state index in [-0.39, 0.29) is 12.4 Å². The summed E-state index contributed by atoms with van der Waals surface area (Å²) in [6.45, 7) is 3.40. The van der Waals surface area contributed by atoms with Crippen LogP contribution in [-0.4, -0.2) is 31.6 Å². The topological polar surface area (TPSA) is 12.5 Å². The van der Waals surface area contributed by atoms with Crippen molar-refractivity contribution in [3.05, 3.63) is 40.9 Å². The Bertz CT molecular complexity index is 411. The summed E-state index contributed by atoms with van der Waals surface area (Å²) >= 11 is 6.31. The molecule has 2 nitrogen and oxygen atoms in total. The zero-order valence-corrected chi connectivity index (χ0v) is 13.6. The molecule has 1 saturated heterocycles. The van der Waals surface area contributed by atoms with Crippen molar-refractivity contribution in [3.8, 4) is 5.75 Å². The van der Waals surface area contributed by atoms with Crippen LogP contribution in [0.5, 0.6) is 5.75 Å². The average Bonchev–Trinajstić information content (AvgIpc) is 2.47. The van der Waals surface area contributed by atoms with E-state index in [4.69, 9.17) is 16.3 Å². The lowest BCUT2D eigenvalue weighted by molar-refractivity contribution is 0.251. The Morgan fingerprint density at radius 2 is 1.85 bits per heavy atom. The molecule has 4 heteroatoms. The molecule has 20 heavy (non-hydrogen) atoms.